The Morgan fingerprint density at radius 2 is 1.58 bits per heavy atom. The van der Waals surface area contributed by atoms with Crippen molar-refractivity contribution in [2.45, 2.75) is 46.8 Å². The highest BCUT2D eigenvalue weighted by Crippen LogP contribution is 2.22. The molecular formula is C20H24FNO2. The van der Waals surface area contributed by atoms with Crippen LogP contribution in [0.25, 0.3) is 0 Å². The molecule has 2 rings (SSSR count). The topological polar surface area (TPSA) is 38.3 Å². The van der Waals surface area contributed by atoms with Crippen molar-refractivity contribution >= 4 is 5.91 Å². The molecule has 0 unspecified atom stereocenters. The van der Waals surface area contributed by atoms with Gasteiger partial charge in [-0.3, -0.25) is 4.79 Å². The third-order valence-electron chi connectivity index (χ3n) is 4.20. The first-order valence-corrected chi connectivity index (χ1v) is 8.08. The average Bonchev–Trinajstić information content (AvgIpc) is 2.52. The van der Waals surface area contributed by atoms with E-state index in [1.807, 2.05) is 13.8 Å². The molecule has 2 aromatic rings. The number of nitrogens with one attached hydrogen (secondary N) is 1. The maximum atomic E-state index is 12.9. The number of hydrogen-bond acceptors (Lipinski definition) is 2. The van der Waals surface area contributed by atoms with E-state index in [9.17, 15) is 9.18 Å². The summed E-state index contributed by atoms with van der Waals surface area (Å²) in [7, 11) is 0. The third kappa shape index (κ3) is 4.34. The SMILES string of the molecule is Cc1cc(C)c([C@@H](C)NC(=O)[C@H](C)Oc2ccc(F)cc2)cc1C. The highest BCUT2D eigenvalue weighted by molar-refractivity contribution is 5.81. The molecule has 2 aromatic carbocycles. The summed E-state index contributed by atoms with van der Waals surface area (Å²) in [6, 6.07) is 9.76. The molecule has 2 atom stereocenters. The molecule has 0 aliphatic carbocycles. The summed E-state index contributed by atoms with van der Waals surface area (Å²) in [4.78, 5) is 12.4. The Bertz CT molecular complexity index is 725. The van der Waals surface area contributed by atoms with Crippen molar-refractivity contribution in [2.24, 2.45) is 0 Å². The van der Waals surface area contributed by atoms with E-state index in [-0.39, 0.29) is 17.8 Å². The van der Waals surface area contributed by atoms with Crippen LogP contribution in [0.1, 0.15) is 42.1 Å². The molecule has 0 aliphatic rings. The van der Waals surface area contributed by atoms with Gasteiger partial charge in [0.2, 0.25) is 0 Å². The minimum absolute atomic E-state index is 0.115. The smallest absolute Gasteiger partial charge is 0.261 e. The van der Waals surface area contributed by atoms with Gasteiger partial charge in [0.15, 0.2) is 6.10 Å². The number of carbonyl (C=O) groups is 1. The normalized spacial score (nSPS) is 13.2. The van der Waals surface area contributed by atoms with Crippen molar-refractivity contribution in [2.75, 3.05) is 0 Å². The lowest BCUT2D eigenvalue weighted by molar-refractivity contribution is -0.127. The van der Waals surface area contributed by atoms with Crippen molar-refractivity contribution in [3.63, 3.8) is 0 Å². The van der Waals surface area contributed by atoms with Crippen LogP contribution in [0.2, 0.25) is 0 Å². The molecule has 0 saturated carbocycles. The lowest BCUT2D eigenvalue weighted by Gasteiger charge is -2.21. The van der Waals surface area contributed by atoms with Gasteiger partial charge in [-0.2, -0.15) is 0 Å². The number of rotatable bonds is 5. The van der Waals surface area contributed by atoms with E-state index in [0.29, 0.717) is 5.75 Å². The number of halogens is 1. The first-order chi connectivity index (χ1) is 11.3. The minimum atomic E-state index is -0.662. The second kappa shape index (κ2) is 7.47. The maximum absolute atomic E-state index is 12.9. The fraction of sp³-hybridized carbons (Fsp3) is 0.350. The van der Waals surface area contributed by atoms with Gasteiger partial charge in [-0.1, -0.05) is 12.1 Å². The van der Waals surface area contributed by atoms with Gasteiger partial charge in [0.05, 0.1) is 6.04 Å². The maximum Gasteiger partial charge on any atom is 0.261 e. The Morgan fingerprint density at radius 1 is 1.00 bits per heavy atom. The first kappa shape index (κ1) is 18.0. The molecule has 0 radical (unpaired) electrons. The summed E-state index contributed by atoms with van der Waals surface area (Å²) in [5.41, 5.74) is 4.69. The molecule has 0 aromatic heterocycles. The van der Waals surface area contributed by atoms with Crippen LogP contribution in [0.3, 0.4) is 0 Å². The van der Waals surface area contributed by atoms with Gasteiger partial charge < -0.3 is 10.1 Å². The molecule has 3 nitrogen and oxygen atoms in total. The van der Waals surface area contributed by atoms with Gasteiger partial charge in [0, 0.05) is 0 Å². The van der Waals surface area contributed by atoms with Crippen molar-refractivity contribution < 1.29 is 13.9 Å². The van der Waals surface area contributed by atoms with Crippen molar-refractivity contribution in [1.82, 2.24) is 5.32 Å². The van der Waals surface area contributed by atoms with Gasteiger partial charge >= 0.3 is 0 Å². The van der Waals surface area contributed by atoms with Crippen LogP contribution >= 0.6 is 0 Å². The monoisotopic (exact) mass is 329 g/mol. The predicted octanol–water partition coefficient (Wildman–Crippen LogP) is 4.40. The van der Waals surface area contributed by atoms with E-state index >= 15 is 0 Å². The van der Waals surface area contributed by atoms with Crippen LogP contribution < -0.4 is 10.1 Å². The van der Waals surface area contributed by atoms with Gasteiger partial charge in [0.25, 0.3) is 5.91 Å². The molecule has 1 amide bonds. The van der Waals surface area contributed by atoms with E-state index < -0.39 is 6.10 Å². The van der Waals surface area contributed by atoms with Crippen LogP contribution in [-0.4, -0.2) is 12.0 Å². The average molecular weight is 329 g/mol. The third-order valence-corrected chi connectivity index (χ3v) is 4.20. The molecule has 0 bridgehead atoms. The van der Waals surface area contributed by atoms with Crippen molar-refractivity contribution in [1.29, 1.82) is 0 Å². The van der Waals surface area contributed by atoms with E-state index in [1.165, 1.54) is 35.4 Å². The summed E-state index contributed by atoms with van der Waals surface area (Å²) in [5.74, 6) is -0.0724. The fourth-order valence-electron chi connectivity index (χ4n) is 2.63. The van der Waals surface area contributed by atoms with Crippen molar-refractivity contribution in [3.8, 4) is 5.75 Å². The summed E-state index contributed by atoms with van der Waals surface area (Å²) < 4.78 is 18.5. The summed E-state index contributed by atoms with van der Waals surface area (Å²) in [6.45, 7) is 9.82. The summed E-state index contributed by atoms with van der Waals surface area (Å²) in [6.07, 6.45) is -0.662. The molecule has 128 valence electrons. The highest BCUT2D eigenvalue weighted by Gasteiger charge is 2.19. The van der Waals surface area contributed by atoms with E-state index in [2.05, 4.69) is 31.3 Å². The standard InChI is InChI=1S/C20H24FNO2/c1-12-10-14(3)19(11-13(12)2)15(4)22-20(23)16(5)24-18-8-6-17(21)7-9-18/h6-11,15-16H,1-5H3,(H,22,23)/t15-,16+/m1/s1. The van der Waals surface area contributed by atoms with Gasteiger partial charge in [-0.05, 0) is 81.1 Å². The zero-order chi connectivity index (χ0) is 17.9. The molecule has 0 fully saturated rings. The lowest BCUT2D eigenvalue weighted by atomic mass is 9.96. The number of amides is 1. The molecular weight excluding hydrogens is 305 g/mol. The Morgan fingerprint density at radius 3 is 2.21 bits per heavy atom. The Hall–Kier alpha value is -2.36. The van der Waals surface area contributed by atoms with Gasteiger partial charge in [0.1, 0.15) is 11.6 Å². The zero-order valence-electron chi connectivity index (χ0n) is 14.8. The van der Waals surface area contributed by atoms with Gasteiger partial charge in [-0.15, -0.1) is 0 Å². The summed E-state index contributed by atoms with van der Waals surface area (Å²) in [5, 5.41) is 2.98. The molecule has 0 heterocycles. The van der Waals surface area contributed by atoms with Crippen LogP contribution in [0.5, 0.6) is 5.75 Å². The van der Waals surface area contributed by atoms with Crippen LogP contribution in [0.15, 0.2) is 36.4 Å². The van der Waals surface area contributed by atoms with Crippen molar-refractivity contribution in [3.05, 3.63) is 64.5 Å². The Kier molecular flexibility index (Phi) is 5.60. The summed E-state index contributed by atoms with van der Waals surface area (Å²) >= 11 is 0. The molecule has 1 N–H and O–H groups in total. The fourth-order valence-corrected chi connectivity index (χ4v) is 2.63. The number of carbonyl (C=O) groups excluding carboxylic acids is 1. The number of hydrogen-bond donors (Lipinski definition) is 1. The molecule has 0 saturated heterocycles. The van der Waals surface area contributed by atoms with Crippen LogP contribution in [-0.2, 0) is 4.79 Å². The number of aryl methyl sites for hydroxylation is 3. The zero-order valence-corrected chi connectivity index (χ0v) is 14.8. The second-order valence-corrected chi connectivity index (χ2v) is 6.24. The number of ether oxygens (including phenoxy) is 1. The number of benzene rings is 2. The Balaban J connectivity index is 2.03. The predicted molar refractivity (Wildman–Crippen MR) is 93.7 cm³/mol. The second-order valence-electron chi connectivity index (χ2n) is 6.24. The first-order valence-electron chi connectivity index (χ1n) is 8.08. The van der Waals surface area contributed by atoms with Crippen LogP contribution in [0, 0.1) is 26.6 Å². The van der Waals surface area contributed by atoms with E-state index in [1.54, 1.807) is 6.92 Å². The highest BCUT2D eigenvalue weighted by atomic mass is 19.1. The quantitative estimate of drug-likeness (QED) is 0.883. The van der Waals surface area contributed by atoms with E-state index in [4.69, 9.17) is 4.74 Å². The Labute approximate surface area is 142 Å². The van der Waals surface area contributed by atoms with E-state index in [0.717, 1.165) is 11.1 Å². The van der Waals surface area contributed by atoms with Crippen LogP contribution in [0.4, 0.5) is 4.39 Å². The minimum Gasteiger partial charge on any atom is -0.481 e. The molecule has 4 heteroatoms. The molecule has 0 spiro atoms. The largest absolute Gasteiger partial charge is 0.481 e. The lowest BCUT2D eigenvalue weighted by Crippen LogP contribution is -2.38. The molecule has 24 heavy (non-hydrogen) atoms. The van der Waals surface area contributed by atoms with Gasteiger partial charge in [-0.25, -0.2) is 4.39 Å². The molecule has 0 aliphatic heterocycles.